The van der Waals surface area contributed by atoms with Crippen LogP contribution >= 0.6 is 0 Å². The lowest BCUT2D eigenvalue weighted by atomic mass is 10.1. The number of hydrogen-bond acceptors (Lipinski definition) is 5. The normalized spacial score (nSPS) is 13.7. The van der Waals surface area contributed by atoms with Gasteiger partial charge in [0.2, 0.25) is 6.79 Å². The summed E-state index contributed by atoms with van der Waals surface area (Å²) in [4.78, 5) is 23.6. The monoisotopic (exact) mass is 309 g/mol. The van der Waals surface area contributed by atoms with Crippen molar-refractivity contribution < 1.29 is 29.3 Å². The summed E-state index contributed by atoms with van der Waals surface area (Å²) >= 11 is 0. The summed E-state index contributed by atoms with van der Waals surface area (Å²) < 4.78 is 10.6. The number of fused-ring (bicyclic) bond motifs is 1. The van der Waals surface area contributed by atoms with Crippen LogP contribution in [0.5, 0.6) is 11.5 Å². The van der Waals surface area contributed by atoms with Crippen molar-refractivity contribution in [2.75, 3.05) is 24.8 Å². The lowest BCUT2D eigenvalue weighted by Gasteiger charge is -2.26. The fourth-order valence-electron chi connectivity index (χ4n) is 2.24. The summed E-state index contributed by atoms with van der Waals surface area (Å²) in [5, 5.41) is 17.8. The fraction of sp³-hybridized carbons (Fsp3) is 0.467. The van der Waals surface area contributed by atoms with Crippen molar-refractivity contribution in [3.63, 3.8) is 0 Å². The van der Waals surface area contributed by atoms with Crippen molar-refractivity contribution in [2.24, 2.45) is 5.92 Å². The van der Waals surface area contributed by atoms with Crippen LogP contribution in [0.3, 0.4) is 0 Å². The first-order chi connectivity index (χ1) is 10.5. The molecule has 1 atom stereocenters. The van der Waals surface area contributed by atoms with Crippen molar-refractivity contribution in [1.82, 2.24) is 0 Å². The molecule has 1 unspecified atom stereocenters. The summed E-state index contributed by atoms with van der Waals surface area (Å²) in [6.07, 6.45) is 0.485. The molecule has 0 spiro atoms. The molecule has 1 aliphatic rings. The molecule has 0 aliphatic carbocycles. The highest BCUT2D eigenvalue weighted by Gasteiger charge is 2.20. The predicted octanol–water partition coefficient (Wildman–Crippen LogP) is 1.81. The van der Waals surface area contributed by atoms with E-state index in [4.69, 9.17) is 19.7 Å². The second kappa shape index (κ2) is 7.02. The minimum absolute atomic E-state index is 0.0442. The van der Waals surface area contributed by atoms with Gasteiger partial charge in [-0.15, -0.1) is 0 Å². The van der Waals surface area contributed by atoms with Crippen LogP contribution in [0.25, 0.3) is 0 Å². The molecule has 1 aliphatic heterocycles. The molecule has 22 heavy (non-hydrogen) atoms. The molecule has 120 valence electrons. The minimum Gasteiger partial charge on any atom is -0.481 e. The molecule has 7 nitrogen and oxygen atoms in total. The van der Waals surface area contributed by atoms with Crippen LogP contribution in [0.4, 0.5) is 5.69 Å². The molecule has 0 fully saturated rings. The van der Waals surface area contributed by atoms with Gasteiger partial charge >= 0.3 is 11.9 Å². The zero-order valence-corrected chi connectivity index (χ0v) is 12.3. The molecular formula is C15H19NO6. The van der Waals surface area contributed by atoms with Gasteiger partial charge in [-0.05, 0) is 18.6 Å². The number of aliphatic carboxylic acids is 2. The Balaban J connectivity index is 2.11. The van der Waals surface area contributed by atoms with E-state index in [-0.39, 0.29) is 13.2 Å². The third-order valence-electron chi connectivity index (χ3n) is 3.46. The minimum atomic E-state index is -0.885. The largest absolute Gasteiger partial charge is 0.481 e. The van der Waals surface area contributed by atoms with Gasteiger partial charge in [-0.25, -0.2) is 0 Å². The SMILES string of the molecule is CC(CN(CCCC(=O)O)c1ccc2c(c1)OCO2)C(=O)O. The molecule has 0 saturated heterocycles. The Morgan fingerprint density at radius 1 is 1.27 bits per heavy atom. The smallest absolute Gasteiger partial charge is 0.308 e. The van der Waals surface area contributed by atoms with Crippen LogP contribution < -0.4 is 14.4 Å². The molecule has 2 N–H and O–H groups in total. The summed E-state index contributed by atoms with van der Waals surface area (Å²) in [6.45, 7) is 2.56. The molecular weight excluding hydrogens is 290 g/mol. The molecule has 0 saturated carbocycles. The zero-order chi connectivity index (χ0) is 16.1. The van der Waals surface area contributed by atoms with Crippen molar-refractivity contribution in [2.45, 2.75) is 19.8 Å². The first-order valence-electron chi connectivity index (χ1n) is 7.06. The summed E-state index contributed by atoms with van der Waals surface area (Å²) in [7, 11) is 0. The number of nitrogens with zero attached hydrogens (tertiary/aromatic N) is 1. The molecule has 0 amide bonds. The highest BCUT2D eigenvalue weighted by atomic mass is 16.7. The van der Waals surface area contributed by atoms with Crippen molar-refractivity contribution in [1.29, 1.82) is 0 Å². The molecule has 0 aromatic heterocycles. The highest BCUT2D eigenvalue weighted by molar-refractivity contribution is 5.71. The van der Waals surface area contributed by atoms with E-state index in [9.17, 15) is 9.59 Å². The predicted molar refractivity (Wildman–Crippen MR) is 78.4 cm³/mol. The Kier molecular flexibility index (Phi) is 5.08. The van der Waals surface area contributed by atoms with Crippen molar-refractivity contribution >= 4 is 17.6 Å². The Bertz CT molecular complexity index is 559. The van der Waals surface area contributed by atoms with E-state index in [1.54, 1.807) is 19.1 Å². The molecule has 0 bridgehead atoms. The van der Waals surface area contributed by atoms with E-state index in [0.29, 0.717) is 31.0 Å². The summed E-state index contributed by atoms with van der Waals surface area (Å²) in [6, 6.07) is 5.38. The van der Waals surface area contributed by atoms with Gasteiger partial charge in [0.1, 0.15) is 0 Å². The van der Waals surface area contributed by atoms with E-state index in [0.717, 1.165) is 5.69 Å². The maximum Gasteiger partial charge on any atom is 0.308 e. The van der Waals surface area contributed by atoms with Crippen LogP contribution in [-0.4, -0.2) is 42.0 Å². The number of hydrogen-bond donors (Lipinski definition) is 2. The van der Waals surface area contributed by atoms with Gasteiger partial charge in [0.25, 0.3) is 0 Å². The first kappa shape index (κ1) is 15.9. The number of anilines is 1. The molecule has 7 heteroatoms. The first-order valence-corrected chi connectivity index (χ1v) is 7.06. The zero-order valence-electron chi connectivity index (χ0n) is 12.3. The standard InChI is InChI=1S/C15H19NO6/c1-10(15(19)20)8-16(6-2-3-14(17)18)11-4-5-12-13(7-11)22-9-21-12/h4-5,7,10H,2-3,6,8-9H2,1H3,(H,17,18)(H,19,20). The Hall–Kier alpha value is -2.44. The van der Waals surface area contributed by atoms with Gasteiger partial charge < -0.3 is 24.6 Å². The van der Waals surface area contributed by atoms with Gasteiger partial charge in [-0.1, -0.05) is 6.92 Å². The third-order valence-corrected chi connectivity index (χ3v) is 3.46. The molecule has 1 aromatic rings. The fourth-order valence-corrected chi connectivity index (χ4v) is 2.24. The summed E-state index contributed by atoms with van der Waals surface area (Å²) in [5.41, 5.74) is 0.794. The topological polar surface area (TPSA) is 96.3 Å². The van der Waals surface area contributed by atoms with E-state index in [2.05, 4.69) is 0 Å². The third kappa shape index (κ3) is 4.03. The van der Waals surface area contributed by atoms with E-state index in [1.165, 1.54) is 0 Å². The quantitative estimate of drug-likeness (QED) is 0.756. The maximum absolute atomic E-state index is 11.1. The van der Waals surface area contributed by atoms with Gasteiger partial charge in [-0.2, -0.15) is 0 Å². The van der Waals surface area contributed by atoms with E-state index >= 15 is 0 Å². The van der Waals surface area contributed by atoms with Crippen LogP contribution in [-0.2, 0) is 9.59 Å². The van der Waals surface area contributed by atoms with Crippen LogP contribution in [0.2, 0.25) is 0 Å². The van der Waals surface area contributed by atoms with Gasteiger partial charge in [0, 0.05) is 31.3 Å². The molecule has 1 heterocycles. The molecule has 1 aromatic carbocycles. The number of rotatable bonds is 8. The Morgan fingerprint density at radius 2 is 2.00 bits per heavy atom. The number of ether oxygens (including phenoxy) is 2. The van der Waals surface area contributed by atoms with Crippen molar-refractivity contribution in [3.05, 3.63) is 18.2 Å². The molecule has 0 radical (unpaired) electrons. The van der Waals surface area contributed by atoms with Crippen LogP contribution in [0, 0.1) is 5.92 Å². The van der Waals surface area contributed by atoms with Crippen LogP contribution in [0.15, 0.2) is 18.2 Å². The lowest BCUT2D eigenvalue weighted by molar-refractivity contribution is -0.141. The van der Waals surface area contributed by atoms with E-state index in [1.807, 2.05) is 11.0 Å². The number of carboxylic acid groups (broad SMARTS) is 2. The van der Waals surface area contributed by atoms with Gasteiger partial charge in [0.15, 0.2) is 11.5 Å². The van der Waals surface area contributed by atoms with Crippen LogP contribution in [0.1, 0.15) is 19.8 Å². The number of carboxylic acids is 2. The average Bonchev–Trinajstić information content (AvgIpc) is 2.92. The Morgan fingerprint density at radius 3 is 2.68 bits per heavy atom. The molecule has 2 rings (SSSR count). The second-order valence-electron chi connectivity index (χ2n) is 5.22. The highest BCUT2D eigenvalue weighted by Crippen LogP contribution is 2.35. The lowest BCUT2D eigenvalue weighted by Crippen LogP contribution is -2.33. The maximum atomic E-state index is 11.1. The van der Waals surface area contributed by atoms with Crippen molar-refractivity contribution in [3.8, 4) is 11.5 Å². The number of benzene rings is 1. The second-order valence-corrected chi connectivity index (χ2v) is 5.22. The average molecular weight is 309 g/mol. The summed E-state index contributed by atoms with van der Waals surface area (Å²) in [5.74, 6) is -1.04. The Labute approximate surface area is 128 Å². The van der Waals surface area contributed by atoms with Gasteiger partial charge in [-0.3, -0.25) is 9.59 Å². The van der Waals surface area contributed by atoms with Gasteiger partial charge in [0.05, 0.1) is 5.92 Å². The number of carbonyl (C=O) groups is 2. The van der Waals surface area contributed by atoms with E-state index < -0.39 is 17.9 Å².